The topological polar surface area (TPSA) is 113 Å². The van der Waals surface area contributed by atoms with Gasteiger partial charge in [0, 0.05) is 49.5 Å². The van der Waals surface area contributed by atoms with Gasteiger partial charge in [-0.05, 0) is 24.3 Å². The number of fused-ring (bicyclic) bond motifs is 1. The summed E-state index contributed by atoms with van der Waals surface area (Å²) in [5, 5.41) is 9.52. The van der Waals surface area contributed by atoms with E-state index in [0.717, 1.165) is 42.9 Å². The normalized spacial score (nSPS) is 15.3. The maximum Gasteiger partial charge on any atom is 0.241 e. The second kappa shape index (κ2) is 6.60. The summed E-state index contributed by atoms with van der Waals surface area (Å²) in [6.07, 6.45) is 3.32. The molecule has 1 aliphatic heterocycles. The monoisotopic (exact) mass is 373 g/mol. The molecule has 1 saturated heterocycles. The molecule has 9 heteroatoms. The van der Waals surface area contributed by atoms with Gasteiger partial charge in [0.25, 0.3) is 0 Å². The first-order valence-corrected chi connectivity index (χ1v) is 9.79. The minimum atomic E-state index is -3.92. The average Bonchev–Trinajstić information content (AvgIpc) is 3.09. The first kappa shape index (κ1) is 16.8. The number of aromatic nitrogens is 2. The molecule has 3 aromatic rings. The Balaban J connectivity index is 1.73. The van der Waals surface area contributed by atoms with E-state index in [1.807, 2.05) is 6.07 Å². The molecule has 8 nitrogen and oxygen atoms in total. The number of nitrogens with one attached hydrogen (secondary N) is 2. The quantitative estimate of drug-likeness (QED) is 0.637. The Labute approximate surface area is 151 Å². The van der Waals surface area contributed by atoms with E-state index >= 15 is 0 Å². The fourth-order valence-corrected chi connectivity index (χ4v) is 3.67. The molecule has 136 valence electrons. The van der Waals surface area contributed by atoms with Crippen LogP contribution in [0.4, 0.5) is 5.69 Å². The highest BCUT2D eigenvalue weighted by Gasteiger charge is 2.19. The van der Waals surface area contributed by atoms with E-state index in [0.29, 0.717) is 5.75 Å². The zero-order chi connectivity index (χ0) is 18.1. The van der Waals surface area contributed by atoms with Gasteiger partial charge >= 0.3 is 0 Å². The van der Waals surface area contributed by atoms with Gasteiger partial charge in [-0.3, -0.25) is 0 Å². The van der Waals surface area contributed by atoms with Crippen LogP contribution in [0.5, 0.6) is 11.5 Å². The van der Waals surface area contributed by atoms with Crippen LogP contribution >= 0.6 is 0 Å². The van der Waals surface area contributed by atoms with Crippen LogP contribution in [0.3, 0.4) is 0 Å². The van der Waals surface area contributed by atoms with Gasteiger partial charge in [0.2, 0.25) is 10.0 Å². The molecule has 4 N–H and O–H groups in total. The number of nitrogens with two attached hydrogens (primary N) is 1. The van der Waals surface area contributed by atoms with Crippen LogP contribution in [0.15, 0.2) is 47.6 Å². The van der Waals surface area contributed by atoms with Gasteiger partial charge in [-0.15, -0.1) is 0 Å². The lowest BCUT2D eigenvalue weighted by Crippen LogP contribution is -2.43. The highest BCUT2D eigenvalue weighted by atomic mass is 32.2. The van der Waals surface area contributed by atoms with Crippen molar-refractivity contribution in [2.45, 2.75) is 4.90 Å². The molecule has 26 heavy (non-hydrogen) atoms. The van der Waals surface area contributed by atoms with Crippen molar-refractivity contribution in [2.24, 2.45) is 5.14 Å². The third-order valence-electron chi connectivity index (χ3n) is 4.32. The highest BCUT2D eigenvalue weighted by Crippen LogP contribution is 2.33. The molecular formula is C17H19N5O3S. The van der Waals surface area contributed by atoms with Crippen LogP contribution in [0, 0.1) is 0 Å². The maximum atomic E-state index is 12.0. The molecular weight excluding hydrogens is 354 g/mol. The largest absolute Gasteiger partial charge is 0.454 e. The molecule has 0 saturated carbocycles. The third-order valence-corrected chi connectivity index (χ3v) is 5.27. The van der Waals surface area contributed by atoms with E-state index in [1.54, 1.807) is 30.6 Å². The zero-order valence-electron chi connectivity index (χ0n) is 14.0. The van der Waals surface area contributed by atoms with Crippen LogP contribution in [0.1, 0.15) is 0 Å². The lowest BCUT2D eigenvalue weighted by atomic mass is 10.2. The number of ether oxygens (including phenoxy) is 1. The molecule has 1 aliphatic rings. The van der Waals surface area contributed by atoms with E-state index in [-0.39, 0.29) is 10.6 Å². The SMILES string of the molecule is NS(=O)(=O)c1ccc(N2CCNCC2)cc1Oc1cnc2[nH]ccc2c1. The lowest BCUT2D eigenvalue weighted by molar-refractivity contribution is 0.466. The van der Waals surface area contributed by atoms with E-state index in [1.165, 1.54) is 6.07 Å². The Morgan fingerprint density at radius 2 is 1.96 bits per heavy atom. The first-order chi connectivity index (χ1) is 12.5. The van der Waals surface area contributed by atoms with E-state index in [4.69, 9.17) is 9.88 Å². The third kappa shape index (κ3) is 3.36. The summed E-state index contributed by atoms with van der Waals surface area (Å²) >= 11 is 0. The van der Waals surface area contributed by atoms with Crippen LogP contribution in [-0.4, -0.2) is 44.6 Å². The fraction of sp³-hybridized carbons (Fsp3) is 0.235. The Kier molecular flexibility index (Phi) is 4.27. The standard InChI is InChI=1S/C17H19N5O3S/c18-26(23,24)16-2-1-13(22-7-5-19-6-8-22)10-15(16)25-14-9-12-3-4-20-17(12)21-11-14/h1-4,9-11,19H,5-8H2,(H,20,21)(H2,18,23,24). The van der Waals surface area contributed by atoms with Crippen LogP contribution < -0.4 is 20.1 Å². The molecule has 0 unspecified atom stereocenters. The van der Waals surface area contributed by atoms with Gasteiger partial charge in [0.15, 0.2) is 0 Å². The molecule has 0 radical (unpaired) electrons. The lowest BCUT2D eigenvalue weighted by Gasteiger charge is -2.29. The number of rotatable bonds is 4. The molecule has 0 aliphatic carbocycles. The summed E-state index contributed by atoms with van der Waals surface area (Å²) in [7, 11) is -3.92. The number of piperazine rings is 1. The van der Waals surface area contributed by atoms with Gasteiger partial charge < -0.3 is 19.9 Å². The summed E-state index contributed by atoms with van der Waals surface area (Å²) in [6.45, 7) is 3.43. The van der Waals surface area contributed by atoms with Gasteiger partial charge in [-0.1, -0.05) is 0 Å². The minimum Gasteiger partial charge on any atom is -0.454 e. The smallest absolute Gasteiger partial charge is 0.241 e. The Morgan fingerprint density at radius 3 is 2.73 bits per heavy atom. The summed E-state index contributed by atoms with van der Waals surface area (Å²) in [6, 6.07) is 8.62. The van der Waals surface area contributed by atoms with Gasteiger partial charge in [-0.2, -0.15) is 0 Å². The molecule has 0 bridgehead atoms. The van der Waals surface area contributed by atoms with Crippen LogP contribution in [0.25, 0.3) is 11.0 Å². The van der Waals surface area contributed by atoms with Gasteiger partial charge in [-0.25, -0.2) is 18.5 Å². The number of pyridine rings is 1. The Bertz CT molecular complexity index is 1040. The number of hydrogen-bond acceptors (Lipinski definition) is 6. The van der Waals surface area contributed by atoms with Crippen molar-refractivity contribution in [3.05, 3.63) is 42.7 Å². The Morgan fingerprint density at radius 1 is 1.15 bits per heavy atom. The molecule has 0 amide bonds. The highest BCUT2D eigenvalue weighted by molar-refractivity contribution is 7.89. The summed E-state index contributed by atoms with van der Waals surface area (Å²) < 4.78 is 29.8. The zero-order valence-corrected chi connectivity index (χ0v) is 14.8. The molecule has 4 rings (SSSR count). The van der Waals surface area contributed by atoms with Crippen molar-refractivity contribution in [2.75, 3.05) is 31.1 Å². The van der Waals surface area contributed by atoms with Crippen molar-refractivity contribution >= 4 is 26.7 Å². The number of primary sulfonamides is 1. The minimum absolute atomic E-state index is 0.0504. The second-order valence-corrected chi connectivity index (χ2v) is 7.63. The average molecular weight is 373 g/mol. The molecule has 0 spiro atoms. The van der Waals surface area contributed by atoms with E-state index in [9.17, 15) is 8.42 Å². The molecule has 1 fully saturated rings. The molecule has 0 atom stereocenters. The van der Waals surface area contributed by atoms with Crippen molar-refractivity contribution in [3.8, 4) is 11.5 Å². The molecule has 3 heterocycles. The molecule has 1 aromatic carbocycles. The van der Waals surface area contributed by atoms with Crippen LogP contribution in [-0.2, 0) is 10.0 Å². The summed E-state index contributed by atoms with van der Waals surface area (Å²) in [4.78, 5) is 9.38. The Hall–Kier alpha value is -2.62. The number of benzene rings is 1. The van der Waals surface area contributed by atoms with Crippen molar-refractivity contribution in [1.29, 1.82) is 0 Å². The maximum absolute atomic E-state index is 12.0. The predicted molar refractivity (Wildman–Crippen MR) is 99.1 cm³/mol. The number of hydrogen-bond donors (Lipinski definition) is 3. The van der Waals surface area contributed by atoms with E-state index in [2.05, 4.69) is 20.2 Å². The molecule has 2 aromatic heterocycles. The number of nitrogens with zero attached hydrogens (tertiary/aromatic N) is 2. The number of aromatic amines is 1. The summed E-state index contributed by atoms with van der Waals surface area (Å²) in [5.74, 6) is 0.639. The van der Waals surface area contributed by atoms with Gasteiger partial charge in [0.1, 0.15) is 22.0 Å². The number of anilines is 1. The van der Waals surface area contributed by atoms with E-state index < -0.39 is 10.0 Å². The summed E-state index contributed by atoms with van der Waals surface area (Å²) in [5.41, 5.74) is 1.63. The van der Waals surface area contributed by atoms with Crippen molar-refractivity contribution in [3.63, 3.8) is 0 Å². The van der Waals surface area contributed by atoms with Crippen molar-refractivity contribution in [1.82, 2.24) is 15.3 Å². The number of sulfonamides is 1. The van der Waals surface area contributed by atoms with Crippen molar-refractivity contribution < 1.29 is 13.2 Å². The fourth-order valence-electron chi connectivity index (χ4n) is 3.03. The van der Waals surface area contributed by atoms with Crippen LogP contribution in [0.2, 0.25) is 0 Å². The predicted octanol–water partition coefficient (Wildman–Crippen LogP) is 1.41. The first-order valence-electron chi connectivity index (χ1n) is 8.24. The second-order valence-electron chi connectivity index (χ2n) is 6.10. The van der Waals surface area contributed by atoms with Gasteiger partial charge in [0.05, 0.1) is 6.20 Å². The number of H-pyrrole nitrogens is 1.